The number of carbonyl (C=O) groups is 2. The number of halogens is 6. The number of hydrogen-bond acceptors (Lipinski definition) is 3. The van der Waals surface area contributed by atoms with Gasteiger partial charge in [-0.15, -0.1) is 0 Å². The number of nitrogens with zero attached hydrogens (tertiary/aromatic N) is 1. The highest BCUT2D eigenvalue weighted by Crippen LogP contribution is 2.27. The van der Waals surface area contributed by atoms with Gasteiger partial charge in [-0.25, -0.2) is 0 Å². The Kier molecular flexibility index (Phi) is 14.1. The molecule has 0 radical (unpaired) electrons. The summed E-state index contributed by atoms with van der Waals surface area (Å²) < 4.78 is 76.0. The maximum atomic E-state index is 12.9. The number of rotatable bonds is 15. The van der Waals surface area contributed by atoms with Crippen LogP contribution in [0.3, 0.4) is 0 Å². The van der Waals surface area contributed by atoms with E-state index in [0.29, 0.717) is 52.1 Å². The lowest BCUT2D eigenvalue weighted by Gasteiger charge is -2.23. The van der Waals surface area contributed by atoms with E-state index >= 15 is 0 Å². The van der Waals surface area contributed by atoms with Crippen LogP contribution in [0.15, 0.2) is 66.8 Å². The van der Waals surface area contributed by atoms with Crippen LogP contribution in [0, 0.1) is 12.8 Å². The summed E-state index contributed by atoms with van der Waals surface area (Å²) in [5.41, 5.74) is 1.52. The molecule has 0 bridgehead atoms. The van der Waals surface area contributed by atoms with E-state index in [1.165, 1.54) is 12.1 Å². The van der Waals surface area contributed by atoms with Crippen LogP contribution in [-0.2, 0) is 0 Å². The standard InChI is InChI=1S/C36H42F6N2O2/c1-7-10-27(21-44(6)22-32-24(3)13-20-31(26(32)5)34(46)43-23-35(37,38)39)11-9-12-33(45)30-18-16-29(17-19-30)28(8-2)15-14-25(4)36(40,41)42/h8,13-20,22,27H,3-4,7,9-12,21,23H2,1-2,5-6H3,(H,43,46)/b15-14-,28-8+,32-22+. The van der Waals surface area contributed by atoms with Crippen molar-refractivity contribution in [1.29, 1.82) is 0 Å². The van der Waals surface area contributed by atoms with Gasteiger partial charge >= 0.3 is 12.4 Å². The van der Waals surface area contributed by atoms with E-state index in [1.54, 1.807) is 50.3 Å². The summed E-state index contributed by atoms with van der Waals surface area (Å²) in [5, 5.41) is 3.22. The Morgan fingerprint density at radius 3 is 2.17 bits per heavy atom. The predicted octanol–water partition coefficient (Wildman–Crippen LogP) is 7.91. The van der Waals surface area contributed by atoms with Crippen molar-refractivity contribution in [3.05, 3.63) is 99.5 Å². The van der Waals surface area contributed by atoms with E-state index in [4.69, 9.17) is 0 Å². The van der Waals surface area contributed by atoms with Crippen LogP contribution in [-0.4, -0.2) is 49.1 Å². The molecule has 2 aromatic carbocycles. The fourth-order valence-electron chi connectivity index (χ4n) is 5.09. The zero-order valence-electron chi connectivity index (χ0n) is 26.7. The zero-order chi connectivity index (χ0) is 34.7. The molecule has 10 heteroatoms. The number of amides is 1. The van der Waals surface area contributed by atoms with E-state index in [1.807, 2.05) is 23.5 Å². The summed E-state index contributed by atoms with van der Waals surface area (Å²) >= 11 is 0. The second kappa shape index (κ2) is 17.0. The van der Waals surface area contributed by atoms with Crippen molar-refractivity contribution >= 4 is 30.0 Å². The van der Waals surface area contributed by atoms with Crippen LogP contribution in [0.4, 0.5) is 26.3 Å². The second-order valence-electron chi connectivity index (χ2n) is 11.3. The molecule has 0 aliphatic carbocycles. The molecule has 0 fully saturated rings. The number of ketones is 1. The number of Topliss-reactive ketones (excluding diaryl/α,β-unsaturated/α-hetero) is 1. The molecular weight excluding hydrogens is 606 g/mol. The molecule has 0 aliphatic heterocycles. The van der Waals surface area contributed by atoms with Gasteiger partial charge in [-0.05, 0) is 67.0 Å². The Morgan fingerprint density at radius 2 is 1.61 bits per heavy atom. The average molecular weight is 649 g/mol. The predicted molar refractivity (Wildman–Crippen MR) is 172 cm³/mol. The maximum absolute atomic E-state index is 12.9. The van der Waals surface area contributed by atoms with Crippen molar-refractivity contribution in [2.75, 3.05) is 20.1 Å². The molecule has 0 aliphatic rings. The Hall–Kier alpha value is -4.08. The van der Waals surface area contributed by atoms with Crippen LogP contribution < -0.4 is 15.8 Å². The molecule has 4 nitrogen and oxygen atoms in total. The molecule has 46 heavy (non-hydrogen) atoms. The first-order valence-electron chi connectivity index (χ1n) is 15.1. The Morgan fingerprint density at radius 1 is 0.978 bits per heavy atom. The van der Waals surface area contributed by atoms with Gasteiger partial charge in [-0.1, -0.05) is 75.1 Å². The minimum absolute atomic E-state index is 0.0253. The quantitative estimate of drug-likeness (QED) is 0.121. The third-order valence-electron chi connectivity index (χ3n) is 7.59. The van der Waals surface area contributed by atoms with E-state index in [0.717, 1.165) is 25.3 Å². The van der Waals surface area contributed by atoms with Crippen LogP contribution in [0.1, 0.15) is 77.8 Å². The molecule has 0 spiro atoms. The van der Waals surface area contributed by atoms with Gasteiger partial charge in [0.1, 0.15) is 6.54 Å². The third kappa shape index (κ3) is 12.0. The van der Waals surface area contributed by atoms with Crippen molar-refractivity contribution in [3.8, 4) is 0 Å². The first kappa shape index (κ1) is 38.1. The van der Waals surface area contributed by atoms with Gasteiger partial charge in [0.25, 0.3) is 5.91 Å². The molecule has 1 atom stereocenters. The molecule has 1 unspecified atom stereocenters. The van der Waals surface area contributed by atoms with Gasteiger partial charge in [0.05, 0.1) is 0 Å². The fraction of sp³-hybridized carbons (Fsp3) is 0.389. The van der Waals surface area contributed by atoms with E-state index < -0.39 is 30.4 Å². The molecule has 250 valence electrons. The average Bonchev–Trinajstić information content (AvgIpc) is 2.97. The lowest BCUT2D eigenvalue weighted by Crippen LogP contribution is -2.37. The van der Waals surface area contributed by atoms with Gasteiger partial charge in [-0.2, -0.15) is 26.3 Å². The van der Waals surface area contributed by atoms with Crippen LogP contribution in [0.25, 0.3) is 18.4 Å². The molecule has 0 heterocycles. The normalized spacial score (nSPS) is 13.6. The third-order valence-corrected chi connectivity index (χ3v) is 7.59. The molecule has 0 saturated heterocycles. The summed E-state index contributed by atoms with van der Waals surface area (Å²) in [6, 6.07) is 9.85. The molecule has 0 aromatic heterocycles. The highest BCUT2D eigenvalue weighted by molar-refractivity contribution is 5.96. The molecule has 2 rings (SSSR count). The first-order chi connectivity index (χ1) is 21.5. The summed E-state index contributed by atoms with van der Waals surface area (Å²) in [6.45, 7) is 11.8. The molecular formula is C36H42F6N2O2. The molecule has 1 amide bonds. The fourth-order valence-corrected chi connectivity index (χ4v) is 5.09. The number of benzene rings is 2. The Labute approximate surface area is 266 Å². The highest BCUT2D eigenvalue weighted by atomic mass is 19.4. The maximum Gasteiger partial charge on any atom is 0.415 e. The van der Waals surface area contributed by atoms with Crippen molar-refractivity contribution in [3.63, 3.8) is 0 Å². The van der Waals surface area contributed by atoms with Crippen molar-refractivity contribution in [1.82, 2.24) is 10.2 Å². The van der Waals surface area contributed by atoms with Gasteiger partial charge in [0.15, 0.2) is 5.78 Å². The van der Waals surface area contributed by atoms with Crippen LogP contribution in [0.5, 0.6) is 0 Å². The van der Waals surface area contributed by atoms with Crippen LogP contribution in [0.2, 0.25) is 0 Å². The van der Waals surface area contributed by atoms with E-state index in [-0.39, 0.29) is 17.3 Å². The van der Waals surface area contributed by atoms with Crippen LogP contribution >= 0.6 is 0 Å². The lowest BCUT2D eigenvalue weighted by molar-refractivity contribution is -0.123. The number of nitrogens with one attached hydrogen (secondary N) is 1. The minimum Gasteiger partial charge on any atom is -0.380 e. The summed E-state index contributed by atoms with van der Waals surface area (Å²) in [5.74, 6) is -0.562. The van der Waals surface area contributed by atoms with Gasteiger partial charge in [0.2, 0.25) is 0 Å². The van der Waals surface area contributed by atoms with Crippen molar-refractivity contribution < 1.29 is 35.9 Å². The van der Waals surface area contributed by atoms with Crippen molar-refractivity contribution in [2.45, 2.75) is 65.2 Å². The zero-order valence-corrected chi connectivity index (χ0v) is 26.7. The van der Waals surface area contributed by atoms with Gasteiger partial charge in [0, 0.05) is 48.1 Å². The van der Waals surface area contributed by atoms with Gasteiger partial charge < -0.3 is 10.2 Å². The smallest absolute Gasteiger partial charge is 0.380 e. The molecule has 1 N–H and O–H groups in total. The molecule has 0 saturated carbocycles. The second-order valence-corrected chi connectivity index (χ2v) is 11.3. The number of allylic oxidation sites excluding steroid dienone is 5. The summed E-state index contributed by atoms with van der Waals surface area (Å²) in [4.78, 5) is 27.3. The SMILES string of the molecule is C=C(/C=C\C(=C/C)c1ccc(C(=O)CCCC(CCC)CN(C)/C=c2/c(C)c(C(=O)NCC(F)(F)F)ccc2=C)cc1)C(F)(F)F. The highest BCUT2D eigenvalue weighted by Gasteiger charge is 2.30. The lowest BCUT2D eigenvalue weighted by atomic mass is 9.94. The molecule has 2 aromatic rings. The van der Waals surface area contributed by atoms with Crippen molar-refractivity contribution in [2.24, 2.45) is 5.92 Å². The van der Waals surface area contributed by atoms with E-state index in [2.05, 4.69) is 20.1 Å². The summed E-state index contributed by atoms with van der Waals surface area (Å²) in [7, 11) is 1.89. The number of alkyl halides is 6. The number of carbonyl (C=O) groups excluding carboxylic acids is 2. The Bertz CT molecular complexity index is 1540. The largest absolute Gasteiger partial charge is 0.415 e. The first-order valence-corrected chi connectivity index (χ1v) is 15.1. The van der Waals surface area contributed by atoms with E-state index in [9.17, 15) is 35.9 Å². The summed E-state index contributed by atoms with van der Waals surface area (Å²) in [6.07, 6.45) is 0.465. The van der Waals surface area contributed by atoms with Gasteiger partial charge in [-0.3, -0.25) is 9.59 Å². The topological polar surface area (TPSA) is 49.4 Å². The number of hydrogen-bond donors (Lipinski definition) is 1. The minimum atomic E-state index is -4.51. The Balaban J connectivity index is 2.04. The monoisotopic (exact) mass is 648 g/mol.